The highest BCUT2D eigenvalue weighted by atomic mass is 35.5. The van der Waals surface area contributed by atoms with Crippen LogP contribution < -0.4 is 10.6 Å². The molecule has 2 heterocycles. The molecule has 2 aliphatic heterocycles. The molecule has 3 aliphatic rings. The molecule has 1 aliphatic carbocycles. The van der Waals surface area contributed by atoms with Gasteiger partial charge >= 0.3 is 0 Å². The Labute approximate surface area is 263 Å². The first-order valence-electron chi connectivity index (χ1n) is 15.2. The fraction of sp³-hybridized carbons (Fsp3) is 0.733. The summed E-state index contributed by atoms with van der Waals surface area (Å²) in [6.07, 6.45) is 10.3. The number of nitrogens with zero attached hydrogens (tertiary/aromatic N) is 2. The summed E-state index contributed by atoms with van der Waals surface area (Å²) in [5.74, 6) is 1.36. The van der Waals surface area contributed by atoms with E-state index >= 15 is 0 Å². The first-order chi connectivity index (χ1) is 19.2. The summed E-state index contributed by atoms with van der Waals surface area (Å²) >= 11 is 7.44. The second kappa shape index (κ2) is 16.8. The molecule has 41 heavy (non-hydrogen) atoms. The average molecular weight is 645 g/mol. The Morgan fingerprint density at radius 1 is 1.07 bits per heavy atom. The Kier molecular flexibility index (Phi) is 14.2. The number of halogens is 1. The minimum Gasteiger partial charge on any atom is -0.375 e. The molecule has 4 rings (SSSR count). The van der Waals surface area contributed by atoms with Crippen LogP contribution in [0.1, 0.15) is 77.2 Å². The van der Waals surface area contributed by atoms with E-state index in [2.05, 4.69) is 45.9 Å². The van der Waals surface area contributed by atoms with E-state index in [4.69, 9.17) is 12.2 Å². The van der Waals surface area contributed by atoms with Gasteiger partial charge in [-0.25, -0.2) is 8.42 Å². The molecule has 3 fully saturated rings. The third-order valence-corrected chi connectivity index (χ3v) is 12.2. The summed E-state index contributed by atoms with van der Waals surface area (Å²) < 4.78 is 27.4. The number of benzene rings is 1. The fourth-order valence-corrected chi connectivity index (χ4v) is 10.1. The first-order valence-corrected chi connectivity index (χ1v) is 18.3. The van der Waals surface area contributed by atoms with Crippen LogP contribution in [0.2, 0.25) is 0 Å². The molecule has 11 heteroatoms. The van der Waals surface area contributed by atoms with Crippen molar-refractivity contribution >= 4 is 57.3 Å². The Morgan fingerprint density at radius 2 is 1.76 bits per heavy atom. The van der Waals surface area contributed by atoms with Crippen LogP contribution in [0.15, 0.2) is 30.3 Å². The molecule has 0 radical (unpaired) electrons. The second-order valence-corrected chi connectivity index (χ2v) is 15.7. The van der Waals surface area contributed by atoms with Gasteiger partial charge < -0.3 is 10.6 Å². The molecule has 232 valence electrons. The highest BCUT2D eigenvalue weighted by Crippen LogP contribution is 2.29. The number of rotatable bonds is 12. The minimum atomic E-state index is -3.49. The van der Waals surface area contributed by atoms with Gasteiger partial charge in [-0.3, -0.25) is 9.69 Å². The van der Waals surface area contributed by atoms with Crippen LogP contribution in [0.25, 0.3) is 0 Å². The zero-order chi connectivity index (χ0) is 28.5. The van der Waals surface area contributed by atoms with Crippen molar-refractivity contribution in [3.05, 3.63) is 35.9 Å². The van der Waals surface area contributed by atoms with Crippen molar-refractivity contribution < 1.29 is 13.2 Å². The summed E-state index contributed by atoms with van der Waals surface area (Å²) in [6.45, 7) is 6.78. The third-order valence-electron chi connectivity index (χ3n) is 8.45. The molecule has 2 saturated heterocycles. The van der Waals surface area contributed by atoms with E-state index in [0.29, 0.717) is 28.6 Å². The third kappa shape index (κ3) is 10.6. The molecule has 0 bridgehead atoms. The minimum absolute atomic E-state index is 0. The second-order valence-electron chi connectivity index (χ2n) is 12.3. The lowest BCUT2D eigenvalue weighted by Gasteiger charge is -2.34. The average Bonchev–Trinajstić information content (AvgIpc) is 3.44. The van der Waals surface area contributed by atoms with Gasteiger partial charge in [0.1, 0.15) is 6.04 Å². The Balaban J connectivity index is 0.00000462. The maximum atomic E-state index is 13.5. The van der Waals surface area contributed by atoms with Crippen LogP contribution in [-0.2, 0) is 21.4 Å². The SMILES string of the molecule is CC(C)CS(=O)(=O)N1CSC[C@H]1C(=O)N[C@H](CCC1CCCCC1)C(=S)NC1CCN(Cc2ccccc2)CC1.Cl. The van der Waals surface area contributed by atoms with Gasteiger partial charge in [-0.05, 0) is 43.1 Å². The van der Waals surface area contributed by atoms with E-state index < -0.39 is 16.1 Å². The molecule has 1 aromatic carbocycles. The Morgan fingerprint density at radius 3 is 2.41 bits per heavy atom. The van der Waals surface area contributed by atoms with Crippen molar-refractivity contribution in [2.24, 2.45) is 11.8 Å². The maximum absolute atomic E-state index is 13.5. The number of carbonyl (C=O) groups is 1. The number of likely N-dealkylation sites (tertiary alicyclic amines) is 1. The molecular weight excluding hydrogens is 596 g/mol. The summed E-state index contributed by atoms with van der Waals surface area (Å²) in [7, 11) is -3.49. The van der Waals surface area contributed by atoms with Gasteiger partial charge in [0.2, 0.25) is 15.9 Å². The predicted molar refractivity (Wildman–Crippen MR) is 177 cm³/mol. The number of nitrogens with one attached hydrogen (secondary N) is 2. The summed E-state index contributed by atoms with van der Waals surface area (Å²) in [4.78, 5) is 16.7. The summed E-state index contributed by atoms with van der Waals surface area (Å²) in [5, 5.41) is 6.82. The number of thiocarbonyl (C=S) groups is 1. The number of piperidine rings is 1. The molecular formula is C30H49ClN4O3S3. The van der Waals surface area contributed by atoms with Crippen molar-refractivity contribution in [1.29, 1.82) is 0 Å². The van der Waals surface area contributed by atoms with Gasteiger partial charge in [0, 0.05) is 31.4 Å². The van der Waals surface area contributed by atoms with E-state index in [1.807, 2.05) is 13.8 Å². The monoisotopic (exact) mass is 644 g/mol. The van der Waals surface area contributed by atoms with Crippen LogP contribution in [0.5, 0.6) is 0 Å². The molecule has 0 unspecified atom stereocenters. The molecule has 2 N–H and O–H groups in total. The first kappa shape index (κ1) is 34.6. The van der Waals surface area contributed by atoms with Crippen LogP contribution in [0.4, 0.5) is 0 Å². The normalized spacial score (nSPS) is 22.3. The number of hydrogen-bond acceptors (Lipinski definition) is 6. The van der Waals surface area contributed by atoms with E-state index in [-0.39, 0.29) is 36.0 Å². The summed E-state index contributed by atoms with van der Waals surface area (Å²) in [5.41, 5.74) is 1.34. The van der Waals surface area contributed by atoms with Crippen molar-refractivity contribution in [3.8, 4) is 0 Å². The van der Waals surface area contributed by atoms with Crippen molar-refractivity contribution in [2.45, 2.75) is 96.3 Å². The van der Waals surface area contributed by atoms with Crippen LogP contribution in [0, 0.1) is 11.8 Å². The molecule has 0 aromatic heterocycles. The van der Waals surface area contributed by atoms with Gasteiger partial charge in [0.15, 0.2) is 0 Å². The van der Waals surface area contributed by atoms with Crippen molar-refractivity contribution in [1.82, 2.24) is 19.8 Å². The van der Waals surface area contributed by atoms with E-state index in [1.165, 1.54) is 53.7 Å². The van der Waals surface area contributed by atoms with Crippen LogP contribution in [-0.4, -0.2) is 77.1 Å². The molecule has 1 saturated carbocycles. The lowest BCUT2D eigenvalue weighted by Crippen LogP contribution is -2.55. The molecule has 1 amide bonds. The standard InChI is InChI=1S/C30H48N4O3S3.ClH/c1-23(2)21-40(36,37)34-22-39-20-28(34)29(35)32-27(14-13-24-9-5-3-6-10-24)30(38)31-26-15-17-33(18-16-26)19-25-11-7-4-8-12-25;/h4,7-8,11-12,23-24,26-28H,3,5-6,9-10,13-22H2,1-2H3,(H,31,38)(H,32,35);1H/t27-,28+;/m1./s1. The lowest BCUT2D eigenvalue weighted by atomic mass is 9.85. The van der Waals surface area contributed by atoms with Gasteiger partial charge in [0.05, 0.1) is 22.7 Å². The molecule has 7 nitrogen and oxygen atoms in total. The summed E-state index contributed by atoms with van der Waals surface area (Å²) in [6, 6.07) is 9.94. The van der Waals surface area contributed by atoms with E-state index in [9.17, 15) is 13.2 Å². The highest BCUT2D eigenvalue weighted by Gasteiger charge is 2.40. The lowest BCUT2D eigenvalue weighted by molar-refractivity contribution is -0.124. The number of sulfonamides is 1. The Bertz CT molecular complexity index is 1060. The van der Waals surface area contributed by atoms with Gasteiger partial charge in [-0.2, -0.15) is 4.31 Å². The van der Waals surface area contributed by atoms with Crippen molar-refractivity contribution in [2.75, 3.05) is 30.5 Å². The Hall–Kier alpha value is -0.910. The molecule has 0 spiro atoms. The van der Waals surface area contributed by atoms with Crippen LogP contribution in [0.3, 0.4) is 0 Å². The number of carbonyl (C=O) groups excluding carboxylic acids is 1. The van der Waals surface area contributed by atoms with Gasteiger partial charge in [-0.15, -0.1) is 24.2 Å². The van der Waals surface area contributed by atoms with E-state index in [0.717, 1.165) is 45.3 Å². The topological polar surface area (TPSA) is 81.8 Å². The quantitative estimate of drug-likeness (QED) is 0.303. The fourth-order valence-electron chi connectivity index (χ4n) is 6.22. The van der Waals surface area contributed by atoms with E-state index in [1.54, 1.807) is 0 Å². The smallest absolute Gasteiger partial charge is 0.239 e. The highest BCUT2D eigenvalue weighted by molar-refractivity contribution is 8.00. The largest absolute Gasteiger partial charge is 0.375 e. The number of amides is 1. The molecule has 2 atom stereocenters. The molecule has 1 aromatic rings. The number of hydrogen-bond donors (Lipinski definition) is 2. The maximum Gasteiger partial charge on any atom is 0.239 e. The zero-order valence-corrected chi connectivity index (χ0v) is 27.9. The predicted octanol–water partition coefficient (Wildman–Crippen LogP) is 5.20. The van der Waals surface area contributed by atoms with Gasteiger partial charge in [-0.1, -0.05) is 88.5 Å². The van der Waals surface area contributed by atoms with Crippen molar-refractivity contribution in [3.63, 3.8) is 0 Å². The van der Waals surface area contributed by atoms with Crippen LogP contribution >= 0.6 is 36.4 Å². The zero-order valence-electron chi connectivity index (χ0n) is 24.6. The van der Waals surface area contributed by atoms with Gasteiger partial charge in [0.25, 0.3) is 0 Å². The number of thioether (sulfide) groups is 1.